The summed E-state index contributed by atoms with van der Waals surface area (Å²) in [6.07, 6.45) is 3.01. The molecule has 2 N–H and O–H groups in total. The fourth-order valence-electron chi connectivity index (χ4n) is 2.35. The predicted octanol–water partition coefficient (Wildman–Crippen LogP) is 4.76. The van der Waals surface area contributed by atoms with Crippen LogP contribution in [0, 0.1) is 6.92 Å². The fourth-order valence-corrected chi connectivity index (χ4v) is 2.77. The van der Waals surface area contributed by atoms with Gasteiger partial charge in [-0.3, -0.25) is 9.59 Å². The van der Waals surface area contributed by atoms with E-state index in [1.54, 1.807) is 24.3 Å². The number of hydrogen-bond acceptors (Lipinski definition) is 3. The number of rotatable bonds is 5. The van der Waals surface area contributed by atoms with Gasteiger partial charge < -0.3 is 15.1 Å². The highest BCUT2D eigenvalue weighted by molar-refractivity contribution is 9.10. The number of benzene rings is 2. The number of amides is 2. The molecule has 0 unspecified atom stereocenters. The zero-order valence-corrected chi connectivity index (χ0v) is 16.1. The summed E-state index contributed by atoms with van der Waals surface area (Å²) in [5.74, 6) is -0.808. The van der Waals surface area contributed by atoms with Gasteiger partial charge in [-0.1, -0.05) is 45.8 Å². The quantitative estimate of drug-likeness (QED) is 0.579. The third-order valence-corrected chi connectivity index (χ3v) is 4.20. The molecule has 0 spiro atoms. The lowest BCUT2D eigenvalue weighted by atomic mass is 10.1. The lowest BCUT2D eigenvalue weighted by molar-refractivity contribution is -0.113. The Bertz CT molecular complexity index is 977. The second-order valence-electron chi connectivity index (χ2n) is 5.86. The summed E-state index contributed by atoms with van der Waals surface area (Å²) in [4.78, 5) is 25.1. The van der Waals surface area contributed by atoms with Crippen LogP contribution in [0.5, 0.6) is 0 Å². The van der Waals surface area contributed by atoms with Crippen molar-refractivity contribution < 1.29 is 14.0 Å². The van der Waals surface area contributed by atoms with Crippen molar-refractivity contribution in [3.63, 3.8) is 0 Å². The first kappa shape index (κ1) is 18.7. The molecule has 136 valence electrons. The van der Waals surface area contributed by atoms with Crippen molar-refractivity contribution in [3.8, 4) is 0 Å². The minimum Gasteiger partial charge on any atom is -0.459 e. The molecule has 0 bridgehead atoms. The van der Waals surface area contributed by atoms with Crippen molar-refractivity contribution in [2.24, 2.45) is 0 Å². The highest BCUT2D eigenvalue weighted by Gasteiger charge is 2.16. The number of halogens is 1. The van der Waals surface area contributed by atoms with Crippen molar-refractivity contribution in [1.82, 2.24) is 5.32 Å². The Hall–Kier alpha value is -3.12. The van der Waals surface area contributed by atoms with E-state index in [4.69, 9.17) is 4.42 Å². The number of aryl methyl sites for hydroxylation is 1. The average molecular weight is 425 g/mol. The van der Waals surface area contributed by atoms with Crippen molar-refractivity contribution in [2.75, 3.05) is 5.32 Å². The van der Waals surface area contributed by atoms with Gasteiger partial charge in [-0.05, 0) is 55.0 Å². The standard InChI is InChI=1S/C21H17BrN2O3/c1-14-7-9-17(10-8-14)23-20(25)18(13-15-4-2-5-16(22)12-15)24-21(26)19-6-3-11-27-19/h2-13H,1H3,(H,23,25)(H,24,26)/b18-13+. The van der Waals surface area contributed by atoms with Crippen LogP contribution in [-0.2, 0) is 4.79 Å². The smallest absolute Gasteiger partial charge is 0.291 e. The van der Waals surface area contributed by atoms with Gasteiger partial charge in [0, 0.05) is 10.2 Å². The number of carbonyl (C=O) groups is 2. The number of anilines is 1. The van der Waals surface area contributed by atoms with Gasteiger partial charge >= 0.3 is 0 Å². The molecular formula is C21H17BrN2O3. The molecule has 6 heteroatoms. The van der Waals surface area contributed by atoms with Gasteiger partial charge in [0.25, 0.3) is 11.8 Å². The molecular weight excluding hydrogens is 408 g/mol. The normalized spacial score (nSPS) is 11.1. The number of hydrogen-bond donors (Lipinski definition) is 2. The molecule has 1 heterocycles. The molecule has 0 atom stereocenters. The SMILES string of the molecule is Cc1ccc(NC(=O)/C(=C\c2cccc(Br)c2)NC(=O)c2ccco2)cc1. The average Bonchev–Trinajstić information content (AvgIpc) is 3.18. The first-order valence-electron chi connectivity index (χ1n) is 8.21. The first-order valence-corrected chi connectivity index (χ1v) is 9.01. The Morgan fingerprint density at radius 1 is 1.04 bits per heavy atom. The molecule has 3 aromatic rings. The molecule has 5 nitrogen and oxygen atoms in total. The summed E-state index contributed by atoms with van der Waals surface area (Å²) in [5, 5.41) is 5.41. The molecule has 2 aromatic carbocycles. The van der Waals surface area contributed by atoms with Crippen molar-refractivity contribution in [1.29, 1.82) is 0 Å². The molecule has 0 aliphatic carbocycles. The Morgan fingerprint density at radius 2 is 1.81 bits per heavy atom. The van der Waals surface area contributed by atoms with Crippen LogP contribution in [0.4, 0.5) is 5.69 Å². The third kappa shape index (κ3) is 5.18. The van der Waals surface area contributed by atoms with E-state index in [0.717, 1.165) is 15.6 Å². The van der Waals surface area contributed by atoms with Gasteiger partial charge in [0.05, 0.1) is 6.26 Å². The van der Waals surface area contributed by atoms with Crippen LogP contribution in [0.25, 0.3) is 6.08 Å². The zero-order chi connectivity index (χ0) is 19.2. The Balaban J connectivity index is 1.87. The Kier molecular flexibility index (Phi) is 5.88. The lowest BCUT2D eigenvalue weighted by Crippen LogP contribution is -2.30. The van der Waals surface area contributed by atoms with Gasteiger partial charge in [-0.2, -0.15) is 0 Å². The second kappa shape index (κ2) is 8.51. The lowest BCUT2D eigenvalue weighted by Gasteiger charge is -2.11. The molecule has 27 heavy (non-hydrogen) atoms. The monoisotopic (exact) mass is 424 g/mol. The maximum Gasteiger partial charge on any atom is 0.291 e. The first-order chi connectivity index (χ1) is 13.0. The van der Waals surface area contributed by atoms with E-state index in [1.807, 2.05) is 43.3 Å². The van der Waals surface area contributed by atoms with E-state index < -0.39 is 11.8 Å². The maximum atomic E-state index is 12.8. The van der Waals surface area contributed by atoms with E-state index in [-0.39, 0.29) is 11.5 Å². The summed E-state index contributed by atoms with van der Waals surface area (Å²) >= 11 is 3.40. The third-order valence-electron chi connectivity index (χ3n) is 3.71. The molecule has 2 amide bonds. The van der Waals surface area contributed by atoms with Crippen LogP contribution in [0.15, 0.2) is 81.5 Å². The van der Waals surface area contributed by atoms with Crippen LogP contribution >= 0.6 is 15.9 Å². The van der Waals surface area contributed by atoms with E-state index in [9.17, 15) is 9.59 Å². The van der Waals surface area contributed by atoms with E-state index in [1.165, 1.54) is 12.3 Å². The second-order valence-corrected chi connectivity index (χ2v) is 6.78. The van der Waals surface area contributed by atoms with E-state index in [0.29, 0.717) is 5.69 Å². The van der Waals surface area contributed by atoms with E-state index in [2.05, 4.69) is 26.6 Å². The van der Waals surface area contributed by atoms with E-state index >= 15 is 0 Å². The highest BCUT2D eigenvalue weighted by atomic mass is 79.9. The minimum atomic E-state index is -0.500. The summed E-state index contributed by atoms with van der Waals surface area (Å²) in [6.45, 7) is 1.97. The summed E-state index contributed by atoms with van der Waals surface area (Å²) in [6, 6.07) is 18.0. The van der Waals surface area contributed by atoms with Crippen LogP contribution < -0.4 is 10.6 Å². The minimum absolute atomic E-state index is 0.107. The molecule has 0 aliphatic rings. The van der Waals surface area contributed by atoms with Crippen molar-refractivity contribution in [3.05, 3.63) is 94.0 Å². The van der Waals surface area contributed by atoms with Crippen molar-refractivity contribution >= 4 is 39.5 Å². The number of nitrogens with one attached hydrogen (secondary N) is 2. The van der Waals surface area contributed by atoms with Crippen molar-refractivity contribution in [2.45, 2.75) is 6.92 Å². The van der Waals surface area contributed by atoms with Crippen LogP contribution in [-0.4, -0.2) is 11.8 Å². The topological polar surface area (TPSA) is 71.3 Å². The van der Waals surface area contributed by atoms with Gasteiger partial charge in [0.15, 0.2) is 5.76 Å². The molecule has 0 saturated carbocycles. The maximum absolute atomic E-state index is 12.8. The largest absolute Gasteiger partial charge is 0.459 e. The summed E-state index contributed by atoms with van der Waals surface area (Å²) in [7, 11) is 0. The van der Waals surface area contributed by atoms with Crippen LogP contribution in [0.2, 0.25) is 0 Å². The molecule has 0 radical (unpaired) electrons. The number of carbonyl (C=O) groups excluding carboxylic acids is 2. The van der Waals surface area contributed by atoms with Crippen LogP contribution in [0.3, 0.4) is 0 Å². The fraction of sp³-hybridized carbons (Fsp3) is 0.0476. The number of furan rings is 1. The molecule has 0 fully saturated rings. The zero-order valence-electron chi connectivity index (χ0n) is 14.5. The van der Waals surface area contributed by atoms with Gasteiger partial charge in [-0.25, -0.2) is 0 Å². The summed E-state index contributed by atoms with van der Waals surface area (Å²) in [5.41, 5.74) is 2.59. The predicted molar refractivity (Wildman–Crippen MR) is 108 cm³/mol. The Labute approximate surface area is 165 Å². The molecule has 1 aromatic heterocycles. The van der Waals surface area contributed by atoms with Gasteiger partial charge in [0.1, 0.15) is 5.70 Å². The van der Waals surface area contributed by atoms with Gasteiger partial charge in [-0.15, -0.1) is 0 Å². The van der Waals surface area contributed by atoms with Crippen LogP contribution in [0.1, 0.15) is 21.7 Å². The molecule has 3 rings (SSSR count). The molecule has 0 saturated heterocycles. The summed E-state index contributed by atoms with van der Waals surface area (Å²) < 4.78 is 5.97. The Morgan fingerprint density at radius 3 is 2.48 bits per heavy atom. The molecule has 0 aliphatic heterocycles. The highest BCUT2D eigenvalue weighted by Crippen LogP contribution is 2.16. The van der Waals surface area contributed by atoms with Gasteiger partial charge in [0.2, 0.25) is 0 Å².